The standard InChI is InChI=1S/C17H17N5O2S2/c23-22(24)15-2-1-4-18-16(15)21-7-5-20(6-8-21)10-14-12-26-17(19-14)13-3-9-25-11-13/h1-4,9,11-12H,5-8,10H2. The van der Waals surface area contributed by atoms with Crippen LogP contribution in [0, 0.1) is 10.1 Å². The van der Waals surface area contributed by atoms with Gasteiger partial charge in [0, 0.05) is 61.3 Å². The number of nitrogens with zero attached hydrogens (tertiary/aromatic N) is 5. The van der Waals surface area contributed by atoms with Gasteiger partial charge < -0.3 is 4.90 Å². The van der Waals surface area contributed by atoms with E-state index in [9.17, 15) is 10.1 Å². The van der Waals surface area contributed by atoms with Gasteiger partial charge in [-0.15, -0.1) is 11.3 Å². The number of hydrogen-bond donors (Lipinski definition) is 0. The fourth-order valence-corrected chi connectivity index (χ4v) is 4.54. The molecule has 1 saturated heterocycles. The molecule has 0 spiro atoms. The molecule has 0 unspecified atom stereocenters. The number of anilines is 1. The molecule has 26 heavy (non-hydrogen) atoms. The van der Waals surface area contributed by atoms with E-state index in [0.29, 0.717) is 5.82 Å². The molecule has 0 saturated carbocycles. The van der Waals surface area contributed by atoms with Gasteiger partial charge in [0.05, 0.1) is 10.6 Å². The third-order valence-corrected chi connectivity index (χ3v) is 5.96. The molecule has 0 amide bonds. The minimum atomic E-state index is -0.365. The Labute approximate surface area is 158 Å². The van der Waals surface area contributed by atoms with Gasteiger partial charge in [0.15, 0.2) is 0 Å². The third kappa shape index (κ3) is 3.59. The van der Waals surface area contributed by atoms with Crippen LogP contribution in [0.5, 0.6) is 0 Å². The average Bonchev–Trinajstić information content (AvgIpc) is 3.34. The van der Waals surface area contributed by atoms with Gasteiger partial charge in [-0.3, -0.25) is 15.0 Å². The fourth-order valence-electron chi connectivity index (χ4n) is 3.02. The van der Waals surface area contributed by atoms with Crippen molar-refractivity contribution in [2.75, 3.05) is 31.1 Å². The summed E-state index contributed by atoms with van der Waals surface area (Å²) in [5.74, 6) is 0.463. The summed E-state index contributed by atoms with van der Waals surface area (Å²) in [4.78, 5) is 24.1. The van der Waals surface area contributed by atoms with E-state index in [1.165, 1.54) is 11.6 Å². The maximum absolute atomic E-state index is 11.2. The lowest BCUT2D eigenvalue weighted by Crippen LogP contribution is -2.46. The van der Waals surface area contributed by atoms with Gasteiger partial charge >= 0.3 is 5.69 Å². The Morgan fingerprint density at radius 2 is 2.04 bits per heavy atom. The summed E-state index contributed by atoms with van der Waals surface area (Å²) in [5.41, 5.74) is 2.33. The highest BCUT2D eigenvalue weighted by molar-refractivity contribution is 7.14. The van der Waals surface area contributed by atoms with Crippen LogP contribution in [-0.2, 0) is 6.54 Å². The summed E-state index contributed by atoms with van der Waals surface area (Å²) in [6.07, 6.45) is 1.61. The molecule has 0 atom stereocenters. The van der Waals surface area contributed by atoms with Crippen LogP contribution in [0.25, 0.3) is 10.6 Å². The zero-order chi connectivity index (χ0) is 17.9. The second kappa shape index (κ2) is 7.48. The normalized spacial score (nSPS) is 15.3. The maximum Gasteiger partial charge on any atom is 0.311 e. The summed E-state index contributed by atoms with van der Waals surface area (Å²) in [6.45, 7) is 3.91. The molecule has 1 fully saturated rings. The first-order valence-electron chi connectivity index (χ1n) is 8.24. The number of piperazine rings is 1. The van der Waals surface area contributed by atoms with Crippen LogP contribution in [0.3, 0.4) is 0 Å². The lowest BCUT2D eigenvalue weighted by molar-refractivity contribution is -0.384. The zero-order valence-electron chi connectivity index (χ0n) is 13.9. The highest BCUT2D eigenvalue weighted by Crippen LogP contribution is 2.28. The van der Waals surface area contributed by atoms with Crippen LogP contribution in [0.15, 0.2) is 40.5 Å². The van der Waals surface area contributed by atoms with Crippen molar-refractivity contribution >= 4 is 34.2 Å². The number of rotatable bonds is 5. The Morgan fingerprint density at radius 3 is 2.77 bits per heavy atom. The molecule has 134 valence electrons. The average molecular weight is 387 g/mol. The van der Waals surface area contributed by atoms with Crippen LogP contribution in [-0.4, -0.2) is 46.0 Å². The molecule has 4 heterocycles. The van der Waals surface area contributed by atoms with Gasteiger partial charge in [-0.25, -0.2) is 9.97 Å². The van der Waals surface area contributed by atoms with Crippen LogP contribution in [0.2, 0.25) is 0 Å². The van der Waals surface area contributed by atoms with E-state index in [1.54, 1.807) is 34.9 Å². The summed E-state index contributed by atoms with van der Waals surface area (Å²) in [6, 6.07) is 5.20. The minimum Gasteiger partial charge on any atom is -0.348 e. The van der Waals surface area contributed by atoms with Crippen LogP contribution in [0.4, 0.5) is 11.5 Å². The van der Waals surface area contributed by atoms with Gasteiger partial charge in [-0.05, 0) is 17.5 Å². The first kappa shape index (κ1) is 17.1. The lowest BCUT2D eigenvalue weighted by Gasteiger charge is -2.34. The Morgan fingerprint density at radius 1 is 1.19 bits per heavy atom. The molecule has 7 nitrogen and oxygen atoms in total. The molecular formula is C17H17N5O2S2. The van der Waals surface area contributed by atoms with Crippen molar-refractivity contribution in [3.63, 3.8) is 0 Å². The molecule has 0 N–H and O–H groups in total. The monoisotopic (exact) mass is 387 g/mol. The van der Waals surface area contributed by atoms with Gasteiger partial charge in [0.1, 0.15) is 5.01 Å². The molecular weight excluding hydrogens is 370 g/mol. The highest BCUT2D eigenvalue weighted by Gasteiger charge is 2.25. The Balaban J connectivity index is 1.38. The predicted octanol–water partition coefficient (Wildman–Crippen LogP) is 3.50. The van der Waals surface area contributed by atoms with Crippen LogP contribution in [0.1, 0.15) is 5.69 Å². The molecule has 3 aromatic rings. The Bertz CT molecular complexity index is 888. The van der Waals surface area contributed by atoms with E-state index in [1.807, 2.05) is 4.90 Å². The van der Waals surface area contributed by atoms with E-state index >= 15 is 0 Å². The SMILES string of the molecule is O=[N+]([O-])c1cccnc1N1CCN(Cc2csc(-c3ccsc3)n2)CC1. The van der Waals surface area contributed by atoms with Crippen molar-refractivity contribution in [1.29, 1.82) is 0 Å². The molecule has 0 bridgehead atoms. The van der Waals surface area contributed by atoms with E-state index in [2.05, 4.69) is 32.1 Å². The number of thiophene rings is 1. The topological polar surface area (TPSA) is 75.4 Å². The van der Waals surface area contributed by atoms with E-state index in [-0.39, 0.29) is 10.6 Å². The van der Waals surface area contributed by atoms with Crippen molar-refractivity contribution in [2.45, 2.75) is 6.54 Å². The number of nitro groups is 1. The van der Waals surface area contributed by atoms with Crippen molar-refractivity contribution in [2.24, 2.45) is 0 Å². The van der Waals surface area contributed by atoms with E-state index < -0.39 is 0 Å². The number of thiazole rings is 1. The third-order valence-electron chi connectivity index (χ3n) is 4.34. The minimum absolute atomic E-state index is 0.0702. The summed E-state index contributed by atoms with van der Waals surface area (Å²) in [5, 5.41) is 18.5. The summed E-state index contributed by atoms with van der Waals surface area (Å²) < 4.78 is 0. The highest BCUT2D eigenvalue weighted by atomic mass is 32.1. The summed E-state index contributed by atoms with van der Waals surface area (Å²) in [7, 11) is 0. The molecule has 3 aromatic heterocycles. The second-order valence-electron chi connectivity index (χ2n) is 6.02. The second-order valence-corrected chi connectivity index (χ2v) is 7.66. The van der Waals surface area contributed by atoms with Crippen molar-refractivity contribution in [1.82, 2.24) is 14.9 Å². The number of pyridine rings is 1. The molecule has 1 aliphatic heterocycles. The van der Waals surface area contributed by atoms with Crippen molar-refractivity contribution in [3.05, 3.63) is 56.3 Å². The van der Waals surface area contributed by atoms with Crippen molar-refractivity contribution in [3.8, 4) is 10.6 Å². The van der Waals surface area contributed by atoms with E-state index in [0.717, 1.165) is 43.4 Å². The maximum atomic E-state index is 11.2. The largest absolute Gasteiger partial charge is 0.348 e. The molecule has 1 aliphatic rings. The first-order valence-corrected chi connectivity index (χ1v) is 10.1. The van der Waals surface area contributed by atoms with Gasteiger partial charge in [-0.1, -0.05) is 0 Å². The molecule has 0 aliphatic carbocycles. The quantitative estimate of drug-likeness (QED) is 0.493. The fraction of sp³-hybridized carbons (Fsp3) is 0.294. The molecule has 9 heteroatoms. The van der Waals surface area contributed by atoms with Crippen molar-refractivity contribution < 1.29 is 4.92 Å². The van der Waals surface area contributed by atoms with Crippen LogP contribution < -0.4 is 4.90 Å². The molecule has 0 aromatic carbocycles. The lowest BCUT2D eigenvalue weighted by atomic mass is 10.2. The smallest absolute Gasteiger partial charge is 0.311 e. The first-order chi connectivity index (χ1) is 12.7. The van der Waals surface area contributed by atoms with Gasteiger partial charge in [-0.2, -0.15) is 11.3 Å². The summed E-state index contributed by atoms with van der Waals surface area (Å²) >= 11 is 3.35. The number of hydrogen-bond acceptors (Lipinski definition) is 8. The predicted molar refractivity (Wildman–Crippen MR) is 104 cm³/mol. The van der Waals surface area contributed by atoms with E-state index in [4.69, 9.17) is 4.98 Å². The Kier molecular flexibility index (Phi) is 4.91. The zero-order valence-corrected chi connectivity index (χ0v) is 15.6. The number of aromatic nitrogens is 2. The van der Waals surface area contributed by atoms with Gasteiger partial charge in [0.2, 0.25) is 5.82 Å². The Hall–Kier alpha value is -2.36. The molecule has 4 rings (SSSR count). The molecule has 0 radical (unpaired) electrons. The van der Waals surface area contributed by atoms with Gasteiger partial charge in [0.25, 0.3) is 0 Å². The van der Waals surface area contributed by atoms with Crippen LogP contribution >= 0.6 is 22.7 Å².